The summed E-state index contributed by atoms with van der Waals surface area (Å²) in [5.74, 6) is 0.258. The molecule has 2 atom stereocenters. The van der Waals surface area contributed by atoms with E-state index in [0.717, 1.165) is 12.7 Å². The number of rotatable bonds is 4. The molecule has 3 aromatic rings. The summed E-state index contributed by atoms with van der Waals surface area (Å²) in [5.41, 5.74) is 14.2. The van der Waals surface area contributed by atoms with E-state index < -0.39 is 21.3 Å². The monoisotopic (exact) mass is 445 g/mol. The van der Waals surface area contributed by atoms with Crippen LogP contribution in [0.25, 0.3) is 22.3 Å². The Labute approximate surface area is 178 Å². The number of hydrogen-bond donors (Lipinski definition) is 3. The lowest BCUT2D eigenvalue weighted by Crippen LogP contribution is -2.40. The van der Waals surface area contributed by atoms with E-state index in [2.05, 4.69) is 9.97 Å². The Morgan fingerprint density at radius 2 is 1.97 bits per heavy atom. The number of carboxylic acid groups (broad SMARTS) is 1. The number of sulfone groups is 1. The summed E-state index contributed by atoms with van der Waals surface area (Å²) < 4.78 is 25.2. The van der Waals surface area contributed by atoms with E-state index in [9.17, 15) is 18.3 Å². The maximum atomic E-state index is 11.7. The average Bonchev–Trinajstić information content (AvgIpc) is 3.14. The molecule has 1 saturated heterocycles. The zero-order chi connectivity index (χ0) is 22.3. The minimum absolute atomic E-state index is 0.187. The molecule has 1 amide bonds. The van der Waals surface area contributed by atoms with Crippen LogP contribution in [0.2, 0.25) is 0 Å². The summed E-state index contributed by atoms with van der Waals surface area (Å²) in [4.78, 5) is 21.2. The van der Waals surface area contributed by atoms with E-state index in [4.69, 9.17) is 16.6 Å². The lowest BCUT2D eigenvalue weighted by atomic mass is 10.1. The molecule has 2 aromatic heterocycles. The lowest BCUT2D eigenvalue weighted by molar-refractivity contribution is 0.120. The SMILES string of the molecule is CS(=O)(=O)C(N)c1ccc(-c2nn([C@@H]3CCCN(C(=O)O)C3)c3ncnc(N)c23)cc1. The smallest absolute Gasteiger partial charge is 0.407 e. The number of anilines is 1. The van der Waals surface area contributed by atoms with Gasteiger partial charge >= 0.3 is 6.09 Å². The average molecular weight is 446 g/mol. The summed E-state index contributed by atoms with van der Waals surface area (Å²) in [6.45, 7) is 0.786. The molecule has 3 heterocycles. The highest BCUT2D eigenvalue weighted by atomic mass is 32.2. The molecule has 0 bridgehead atoms. The van der Waals surface area contributed by atoms with Gasteiger partial charge in [0.15, 0.2) is 15.5 Å². The molecule has 1 aliphatic heterocycles. The number of nitrogens with zero attached hydrogens (tertiary/aromatic N) is 5. The Hall–Kier alpha value is -3.25. The summed E-state index contributed by atoms with van der Waals surface area (Å²) in [6.07, 6.45) is 2.95. The molecule has 0 saturated carbocycles. The Morgan fingerprint density at radius 3 is 2.61 bits per heavy atom. The normalized spacial score (nSPS) is 18.3. The minimum Gasteiger partial charge on any atom is -0.465 e. The molecule has 5 N–H and O–H groups in total. The van der Waals surface area contributed by atoms with E-state index in [0.29, 0.717) is 47.4 Å². The summed E-state index contributed by atoms with van der Waals surface area (Å²) >= 11 is 0. The van der Waals surface area contributed by atoms with E-state index in [1.807, 2.05) is 0 Å². The highest BCUT2D eigenvalue weighted by molar-refractivity contribution is 7.90. The van der Waals surface area contributed by atoms with E-state index in [1.54, 1.807) is 28.9 Å². The van der Waals surface area contributed by atoms with Gasteiger partial charge in [-0.2, -0.15) is 5.10 Å². The first-order chi connectivity index (χ1) is 14.7. The number of likely N-dealkylation sites (tertiary alicyclic amines) is 1. The van der Waals surface area contributed by atoms with Crippen LogP contribution in [0.15, 0.2) is 30.6 Å². The van der Waals surface area contributed by atoms with Crippen LogP contribution in [0.3, 0.4) is 0 Å². The Kier molecular flexibility index (Phi) is 5.27. The van der Waals surface area contributed by atoms with Gasteiger partial charge in [-0.15, -0.1) is 0 Å². The van der Waals surface area contributed by atoms with Gasteiger partial charge in [-0.05, 0) is 18.4 Å². The highest BCUT2D eigenvalue weighted by Gasteiger charge is 2.28. The molecule has 1 aliphatic rings. The molecule has 164 valence electrons. The molecule has 0 aliphatic carbocycles. The van der Waals surface area contributed by atoms with E-state index >= 15 is 0 Å². The van der Waals surface area contributed by atoms with Crippen molar-refractivity contribution in [1.29, 1.82) is 0 Å². The molecular weight excluding hydrogens is 422 g/mol. The Balaban J connectivity index is 1.78. The fourth-order valence-electron chi connectivity index (χ4n) is 3.86. The zero-order valence-corrected chi connectivity index (χ0v) is 17.7. The third-order valence-corrected chi connectivity index (χ3v) is 6.70. The molecule has 1 fully saturated rings. The van der Waals surface area contributed by atoms with Crippen LogP contribution >= 0.6 is 0 Å². The molecule has 0 radical (unpaired) electrons. The largest absolute Gasteiger partial charge is 0.465 e. The number of nitrogens with two attached hydrogens (primary N) is 2. The Morgan fingerprint density at radius 1 is 1.26 bits per heavy atom. The predicted octanol–water partition coefficient (Wildman–Crippen LogP) is 1.39. The number of nitrogen functional groups attached to an aromatic ring is 1. The summed E-state index contributed by atoms with van der Waals surface area (Å²) in [6, 6.07) is 6.54. The number of carbonyl (C=O) groups is 1. The predicted molar refractivity (Wildman–Crippen MR) is 115 cm³/mol. The van der Waals surface area contributed by atoms with Gasteiger partial charge in [0.25, 0.3) is 0 Å². The first-order valence-electron chi connectivity index (χ1n) is 9.68. The molecule has 12 heteroatoms. The van der Waals surface area contributed by atoms with E-state index in [-0.39, 0.29) is 11.9 Å². The number of piperidine rings is 1. The zero-order valence-electron chi connectivity index (χ0n) is 16.8. The number of hydrogen-bond acceptors (Lipinski definition) is 8. The van der Waals surface area contributed by atoms with Crippen molar-refractivity contribution in [3.05, 3.63) is 36.2 Å². The first kappa shape index (κ1) is 21.0. The first-order valence-corrected chi connectivity index (χ1v) is 11.6. The minimum atomic E-state index is -3.43. The molecule has 0 spiro atoms. The fraction of sp³-hybridized carbons (Fsp3) is 0.368. The summed E-state index contributed by atoms with van der Waals surface area (Å²) in [5, 5.41) is 13.5. The van der Waals surface area contributed by atoms with Gasteiger partial charge in [0.1, 0.15) is 23.2 Å². The lowest BCUT2D eigenvalue weighted by Gasteiger charge is -2.30. The van der Waals surface area contributed by atoms with Crippen LogP contribution in [0.5, 0.6) is 0 Å². The van der Waals surface area contributed by atoms with Crippen LogP contribution in [-0.4, -0.2) is 63.6 Å². The third-order valence-electron chi connectivity index (χ3n) is 5.50. The van der Waals surface area contributed by atoms with Crippen LogP contribution in [0.1, 0.15) is 29.8 Å². The molecule has 1 unspecified atom stereocenters. The molecule has 31 heavy (non-hydrogen) atoms. The second-order valence-electron chi connectivity index (χ2n) is 7.65. The maximum absolute atomic E-state index is 11.7. The van der Waals surface area contributed by atoms with Gasteiger partial charge in [0.2, 0.25) is 0 Å². The van der Waals surface area contributed by atoms with Crippen molar-refractivity contribution in [3.63, 3.8) is 0 Å². The number of benzene rings is 1. The van der Waals surface area contributed by atoms with Gasteiger partial charge in [-0.25, -0.2) is 27.9 Å². The van der Waals surface area contributed by atoms with Gasteiger partial charge in [0.05, 0.1) is 11.4 Å². The van der Waals surface area contributed by atoms with Crippen molar-refractivity contribution in [2.24, 2.45) is 5.73 Å². The quantitative estimate of drug-likeness (QED) is 0.537. The second kappa shape index (κ2) is 7.78. The second-order valence-corrected chi connectivity index (χ2v) is 9.81. The molecule has 4 rings (SSSR count). The summed E-state index contributed by atoms with van der Waals surface area (Å²) in [7, 11) is -3.43. The van der Waals surface area contributed by atoms with Gasteiger partial charge in [0, 0.05) is 24.9 Å². The van der Waals surface area contributed by atoms with Crippen molar-refractivity contribution >= 4 is 32.8 Å². The van der Waals surface area contributed by atoms with E-state index in [1.165, 1.54) is 11.2 Å². The van der Waals surface area contributed by atoms with Crippen molar-refractivity contribution in [3.8, 4) is 11.3 Å². The Bertz CT molecular complexity index is 1240. The van der Waals surface area contributed by atoms with Gasteiger partial charge < -0.3 is 21.5 Å². The van der Waals surface area contributed by atoms with Crippen molar-refractivity contribution in [2.45, 2.75) is 24.3 Å². The topological polar surface area (TPSA) is 170 Å². The van der Waals surface area contributed by atoms with Crippen LogP contribution in [-0.2, 0) is 9.84 Å². The van der Waals surface area contributed by atoms with Crippen LogP contribution < -0.4 is 11.5 Å². The standard InChI is InChI=1S/C19H23N7O4S/c1-31(29,30)17(21)12-6-4-11(5-7-12)15-14-16(20)22-10-23-18(14)26(24-15)13-3-2-8-25(9-13)19(27)28/h4-7,10,13,17H,2-3,8-9,21H2,1H3,(H,27,28)(H2,20,22,23)/t13-,17?/m1/s1. The molecule has 11 nitrogen and oxygen atoms in total. The fourth-order valence-corrected chi connectivity index (χ4v) is 4.51. The highest BCUT2D eigenvalue weighted by Crippen LogP contribution is 2.34. The van der Waals surface area contributed by atoms with Gasteiger partial charge in [-0.1, -0.05) is 24.3 Å². The molecular formula is C19H23N7O4S. The van der Waals surface area contributed by atoms with Crippen molar-refractivity contribution in [2.75, 3.05) is 25.1 Å². The number of amides is 1. The third kappa shape index (κ3) is 3.91. The van der Waals surface area contributed by atoms with Crippen molar-refractivity contribution < 1.29 is 18.3 Å². The van der Waals surface area contributed by atoms with Crippen LogP contribution in [0, 0.1) is 0 Å². The maximum Gasteiger partial charge on any atom is 0.407 e. The molecule has 1 aromatic carbocycles. The van der Waals surface area contributed by atoms with Gasteiger partial charge in [-0.3, -0.25) is 0 Å². The number of aromatic nitrogens is 4. The van der Waals surface area contributed by atoms with Crippen molar-refractivity contribution in [1.82, 2.24) is 24.6 Å². The number of fused-ring (bicyclic) bond motifs is 1. The van der Waals surface area contributed by atoms with Crippen LogP contribution in [0.4, 0.5) is 10.6 Å².